The maximum absolute atomic E-state index is 13.4. The van der Waals surface area contributed by atoms with Gasteiger partial charge in [0, 0.05) is 50.8 Å². The normalized spacial score (nSPS) is 16.9. The number of para-hydroxylation sites is 1. The number of nitrogens with zero attached hydrogens (tertiary/aromatic N) is 5. The van der Waals surface area contributed by atoms with Crippen molar-refractivity contribution in [2.45, 2.75) is 25.9 Å². The Morgan fingerprint density at radius 3 is 2.92 bits per heavy atom. The first-order valence-electron chi connectivity index (χ1n) is 8.92. The van der Waals surface area contributed by atoms with Crippen molar-refractivity contribution in [1.29, 1.82) is 0 Å². The summed E-state index contributed by atoms with van der Waals surface area (Å²) in [5.41, 5.74) is 3.73. The predicted molar refractivity (Wildman–Crippen MR) is 98.0 cm³/mol. The number of carbonyl (C=O) groups is 1. The smallest absolute Gasteiger partial charge is 0.256 e. The van der Waals surface area contributed by atoms with E-state index in [-0.39, 0.29) is 11.9 Å². The molecule has 1 atom stereocenters. The Bertz CT molecular complexity index is 958. The van der Waals surface area contributed by atoms with Crippen LogP contribution < -0.4 is 0 Å². The van der Waals surface area contributed by atoms with Crippen LogP contribution in [0.5, 0.6) is 0 Å². The SMILES string of the molecule is CCn1nnc2c1CCN(C(=O)c1cn(C)c3ccccc13)[C@@H]2COC. The molecule has 0 unspecified atom stereocenters. The molecule has 26 heavy (non-hydrogen) atoms. The molecule has 0 aliphatic carbocycles. The summed E-state index contributed by atoms with van der Waals surface area (Å²) in [6, 6.07) is 7.76. The quantitative estimate of drug-likeness (QED) is 0.721. The van der Waals surface area contributed by atoms with Crippen LogP contribution in [0.25, 0.3) is 10.9 Å². The van der Waals surface area contributed by atoms with Gasteiger partial charge in [-0.3, -0.25) is 4.79 Å². The number of aromatic nitrogens is 4. The van der Waals surface area contributed by atoms with Crippen molar-refractivity contribution in [3.8, 4) is 0 Å². The van der Waals surface area contributed by atoms with Crippen LogP contribution in [0.4, 0.5) is 0 Å². The molecular formula is C19H23N5O2. The monoisotopic (exact) mass is 353 g/mol. The zero-order chi connectivity index (χ0) is 18.3. The molecule has 1 amide bonds. The average Bonchev–Trinajstić information content (AvgIpc) is 3.23. The van der Waals surface area contributed by atoms with Crippen LogP contribution in [-0.4, -0.2) is 50.6 Å². The minimum Gasteiger partial charge on any atom is -0.382 e. The molecule has 1 aliphatic rings. The molecule has 0 saturated carbocycles. The van der Waals surface area contributed by atoms with E-state index in [9.17, 15) is 4.79 Å². The minimum atomic E-state index is -0.212. The molecule has 0 radical (unpaired) electrons. The van der Waals surface area contributed by atoms with Crippen LogP contribution in [0.15, 0.2) is 30.5 Å². The maximum Gasteiger partial charge on any atom is 0.256 e. The first kappa shape index (κ1) is 16.8. The zero-order valence-corrected chi connectivity index (χ0v) is 15.3. The van der Waals surface area contributed by atoms with E-state index in [4.69, 9.17) is 4.74 Å². The molecule has 2 aromatic heterocycles. The molecule has 1 aromatic carbocycles. The molecule has 0 fully saturated rings. The van der Waals surface area contributed by atoms with Crippen LogP contribution in [0.2, 0.25) is 0 Å². The third kappa shape index (κ3) is 2.50. The van der Waals surface area contributed by atoms with Gasteiger partial charge in [-0.2, -0.15) is 0 Å². The Hall–Kier alpha value is -2.67. The highest BCUT2D eigenvalue weighted by atomic mass is 16.5. The van der Waals surface area contributed by atoms with Gasteiger partial charge in [-0.25, -0.2) is 4.68 Å². The Kier molecular flexibility index (Phi) is 4.24. The van der Waals surface area contributed by atoms with Crippen molar-refractivity contribution in [2.75, 3.05) is 20.3 Å². The highest BCUT2D eigenvalue weighted by molar-refractivity contribution is 6.07. The van der Waals surface area contributed by atoms with Gasteiger partial charge in [-0.15, -0.1) is 5.10 Å². The van der Waals surface area contributed by atoms with Crippen LogP contribution in [-0.2, 0) is 24.8 Å². The molecule has 1 aliphatic heterocycles. The summed E-state index contributed by atoms with van der Waals surface area (Å²) in [5, 5.41) is 9.57. The summed E-state index contributed by atoms with van der Waals surface area (Å²) >= 11 is 0. The van der Waals surface area contributed by atoms with Gasteiger partial charge in [0.25, 0.3) is 5.91 Å². The maximum atomic E-state index is 13.4. The fraction of sp³-hybridized carbons (Fsp3) is 0.421. The molecule has 4 rings (SSSR count). The number of hydrogen-bond acceptors (Lipinski definition) is 4. The van der Waals surface area contributed by atoms with E-state index in [1.807, 2.05) is 58.6 Å². The third-order valence-corrected chi connectivity index (χ3v) is 5.16. The van der Waals surface area contributed by atoms with Crippen molar-refractivity contribution in [3.63, 3.8) is 0 Å². The van der Waals surface area contributed by atoms with Gasteiger partial charge in [0.05, 0.1) is 17.9 Å². The zero-order valence-electron chi connectivity index (χ0n) is 15.3. The second kappa shape index (κ2) is 6.57. The summed E-state index contributed by atoms with van der Waals surface area (Å²) in [5.74, 6) is 0.0144. The second-order valence-electron chi connectivity index (χ2n) is 6.63. The molecule has 136 valence electrons. The van der Waals surface area contributed by atoms with Crippen molar-refractivity contribution in [1.82, 2.24) is 24.5 Å². The molecule has 3 heterocycles. The van der Waals surface area contributed by atoms with Gasteiger partial charge in [-0.1, -0.05) is 23.4 Å². The number of benzene rings is 1. The Morgan fingerprint density at radius 1 is 1.35 bits per heavy atom. The Labute approximate surface area is 152 Å². The number of rotatable bonds is 4. The topological polar surface area (TPSA) is 65.2 Å². The lowest BCUT2D eigenvalue weighted by molar-refractivity contribution is 0.0492. The Balaban J connectivity index is 1.75. The largest absolute Gasteiger partial charge is 0.382 e. The van der Waals surface area contributed by atoms with Crippen molar-refractivity contribution >= 4 is 16.8 Å². The first-order chi connectivity index (χ1) is 12.7. The summed E-state index contributed by atoms with van der Waals surface area (Å²) in [7, 11) is 3.62. The number of carbonyl (C=O) groups excluding carboxylic acids is 1. The highest BCUT2D eigenvalue weighted by Gasteiger charge is 2.36. The first-order valence-corrected chi connectivity index (χ1v) is 8.92. The molecular weight excluding hydrogens is 330 g/mol. The lowest BCUT2D eigenvalue weighted by atomic mass is 10.0. The van der Waals surface area contributed by atoms with Gasteiger partial charge in [0.1, 0.15) is 11.7 Å². The van der Waals surface area contributed by atoms with Crippen molar-refractivity contribution in [3.05, 3.63) is 47.4 Å². The van der Waals surface area contributed by atoms with Crippen LogP contribution in [0.1, 0.15) is 34.7 Å². The van der Waals surface area contributed by atoms with Gasteiger partial charge < -0.3 is 14.2 Å². The van der Waals surface area contributed by atoms with Gasteiger partial charge in [0.2, 0.25) is 0 Å². The average molecular weight is 353 g/mol. The molecule has 0 spiro atoms. The molecule has 0 saturated heterocycles. The number of aryl methyl sites for hydroxylation is 2. The van der Waals surface area contributed by atoms with E-state index >= 15 is 0 Å². The molecule has 7 nitrogen and oxygen atoms in total. The third-order valence-electron chi connectivity index (χ3n) is 5.16. The highest BCUT2D eigenvalue weighted by Crippen LogP contribution is 2.31. The fourth-order valence-corrected chi connectivity index (χ4v) is 3.88. The summed E-state index contributed by atoms with van der Waals surface area (Å²) in [6.45, 7) is 3.87. The molecule has 0 bridgehead atoms. The molecule has 0 N–H and O–H groups in total. The number of hydrogen-bond donors (Lipinski definition) is 0. The van der Waals surface area contributed by atoms with Gasteiger partial charge >= 0.3 is 0 Å². The van der Waals surface area contributed by atoms with Crippen molar-refractivity contribution < 1.29 is 9.53 Å². The van der Waals surface area contributed by atoms with E-state index in [0.29, 0.717) is 13.2 Å². The number of methoxy groups -OCH3 is 1. The van der Waals surface area contributed by atoms with Gasteiger partial charge in [-0.05, 0) is 13.0 Å². The van der Waals surface area contributed by atoms with Crippen molar-refractivity contribution in [2.24, 2.45) is 7.05 Å². The van der Waals surface area contributed by atoms with Crippen LogP contribution >= 0.6 is 0 Å². The molecule has 7 heteroatoms. The van der Waals surface area contributed by atoms with Crippen LogP contribution in [0.3, 0.4) is 0 Å². The van der Waals surface area contributed by atoms with E-state index in [0.717, 1.165) is 40.8 Å². The second-order valence-corrected chi connectivity index (χ2v) is 6.63. The van der Waals surface area contributed by atoms with E-state index < -0.39 is 0 Å². The number of fused-ring (bicyclic) bond motifs is 2. The minimum absolute atomic E-state index is 0.0144. The van der Waals surface area contributed by atoms with E-state index in [2.05, 4.69) is 10.3 Å². The predicted octanol–water partition coefficient (Wildman–Crippen LogP) is 2.18. The summed E-state index contributed by atoms with van der Waals surface area (Å²) in [6.07, 6.45) is 2.67. The lowest BCUT2D eigenvalue weighted by Crippen LogP contribution is -2.42. The van der Waals surface area contributed by atoms with Crippen LogP contribution in [0, 0.1) is 0 Å². The number of amides is 1. The van der Waals surface area contributed by atoms with Gasteiger partial charge in [0.15, 0.2) is 0 Å². The summed E-state index contributed by atoms with van der Waals surface area (Å²) < 4.78 is 9.32. The number of ether oxygens (including phenoxy) is 1. The van der Waals surface area contributed by atoms with E-state index in [1.165, 1.54) is 0 Å². The standard InChI is InChI=1S/C19H23N5O2/c1-4-24-16-9-10-23(17(12-26-3)18(16)20-21-24)19(25)14-11-22(2)15-8-6-5-7-13(14)15/h5-8,11,17H,4,9-10,12H2,1-3H3/t17-/m1/s1. The Morgan fingerprint density at radius 2 is 2.15 bits per heavy atom. The summed E-state index contributed by atoms with van der Waals surface area (Å²) in [4.78, 5) is 15.3. The lowest BCUT2D eigenvalue weighted by Gasteiger charge is -2.34. The van der Waals surface area contributed by atoms with E-state index in [1.54, 1.807) is 7.11 Å². The molecule has 3 aromatic rings. The fourth-order valence-electron chi connectivity index (χ4n) is 3.88.